The Morgan fingerprint density at radius 3 is 2.37 bits per heavy atom. The van der Waals surface area contributed by atoms with E-state index in [1.807, 2.05) is 30.3 Å². The van der Waals surface area contributed by atoms with Gasteiger partial charge in [0.1, 0.15) is 12.1 Å². The molecule has 0 amide bonds. The third-order valence-electron chi connectivity index (χ3n) is 6.69. The number of hydrogen-bond acceptors (Lipinski definition) is 6. The standard InChI is InChI=1S/C27H35N5O2S/c1-3-20-11-14-24(25(16-28)23(20)4-2)26-15-27(30-18-29-26)31-21-12-9-19(10-13-21)17-35(33,34)32-22-7-5-6-8-22/h9-15,18,22,32H,3-8,16-17,28H2,1-2H3,(H,29,30,31). The Kier molecular flexibility index (Phi) is 8.15. The average molecular weight is 494 g/mol. The van der Waals surface area contributed by atoms with Gasteiger partial charge in [0.2, 0.25) is 10.0 Å². The summed E-state index contributed by atoms with van der Waals surface area (Å²) in [6.45, 7) is 4.78. The van der Waals surface area contributed by atoms with Crippen molar-refractivity contribution in [2.45, 2.75) is 70.7 Å². The van der Waals surface area contributed by atoms with E-state index in [9.17, 15) is 8.42 Å². The molecule has 1 aliphatic carbocycles. The Balaban J connectivity index is 1.48. The highest BCUT2D eigenvalue weighted by Crippen LogP contribution is 2.29. The molecular formula is C27H35N5O2S. The quantitative estimate of drug-likeness (QED) is 0.373. The Bertz CT molecular complexity index is 1250. The second-order valence-electron chi connectivity index (χ2n) is 9.11. The van der Waals surface area contributed by atoms with Crippen LogP contribution in [0.2, 0.25) is 0 Å². The minimum atomic E-state index is -3.34. The number of hydrogen-bond donors (Lipinski definition) is 3. The molecule has 7 nitrogen and oxygen atoms in total. The minimum Gasteiger partial charge on any atom is -0.340 e. The van der Waals surface area contributed by atoms with Gasteiger partial charge in [-0.15, -0.1) is 0 Å². The summed E-state index contributed by atoms with van der Waals surface area (Å²) in [6, 6.07) is 13.7. The van der Waals surface area contributed by atoms with Gasteiger partial charge < -0.3 is 11.1 Å². The van der Waals surface area contributed by atoms with Crippen molar-refractivity contribution in [1.82, 2.24) is 14.7 Å². The molecule has 0 unspecified atom stereocenters. The van der Waals surface area contributed by atoms with Gasteiger partial charge in [0.25, 0.3) is 0 Å². The van der Waals surface area contributed by atoms with E-state index in [2.05, 4.69) is 46.0 Å². The molecule has 0 bridgehead atoms. The van der Waals surface area contributed by atoms with Gasteiger partial charge in [-0.1, -0.05) is 51.0 Å². The summed E-state index contributed by atoms with van der Waals surface area (Å²) in [5, 5.41) is 3.30. The van der Waals surface area contributed by atoms with Crippen LogP contribution in [0, 0.1) is 0 Å². The first-order chi connectivity index (χ1) is 16.9. The van der Waals surface area contributed by atoms with Gasteiger partial charge in [0, 0.05) is 29.9 Å². The van der Waals surface area contributed by atoms with Crippen molar-refractivity contribution in [2.24, 2.45) is 5.73 Å². The fraction of sp³-hybridized carbons (Fsp3) is 0.407. The van der Waals surface area contributed by atoms with E-state index in [1.165, 1.54) is 11.1 Å². The molecule has 4 rings (SSSR count). The highest BCUT2D eigenvalue weighted by atomic mass is 32.2. The van der Waals surface area contributed by atoms with Gasteiger partial charge in [-0.05, 0) is 60.1 Å². The first kappa shape index (κ1) is 25.3. The van der Waals surface area contributed by atoms with Gasteiger partial charge in [0.15, 0.2) is 0 Å². The number of nitrogens with two attached hydrogens (primary N) is 1. The predicted octanol–water partition coefficient (Wildman–Crippen LogP) is 4.83. The maximum absolute atomic E-state index is 12.5. The van der Waals surface area contributed by atoms with Gasteiger partial charge in [-0.2, -0.15) is 0 Å². The van der Waals surface area contributed by atoms with Crippen LogP contribution >= 0.6 is 0 Å². The van der Waals surface area contributed by atoms with Crippen molar-refractivity contribution in [3.8, 4) is 11.3 Å². The molecule has 35 heavy (non-hydrogen) atoms. The zero-order chi connectivity index (χ0) is 24.8. The highest BCUT2D eigenvalue weighted by molar-refractivity contribution is 7.88. The fourth-order valence-electron chi connectivity index (χ4n) is 4.95. The number of anilines is 2. The Morgan fingerprint density at radius 1 is 0.971 bits per heavy atom. The summed E-state index contributed by atoms with van der Waals surface area (Å²) in [5.41, 5.74) is 13.3. The van der Waals surface area contributed by atoms with Crippen molar-refractivity contribution >= 4 is 21.5 Å². The summed E-state index contributed by atoms with van der Waals surface area (Å²) in [5.74, 6) is 0.649. The van der Waals surface area contributed by atoms with Crippen molar-refractivity contribution in [2.75, 3.05) is 5.32 Å². The molecule has 3 aromatic rings. The number of benzene rings is 2. The molecule has 2 aromatic carbocycles. The molecule has 1 aromatic heterocycles. The van der Waals surface area contributed by atoms with E-state index in [0.717, 1.165) is 66.6 Å². The van der Waals surface area contributed by atoms with Crippen molar-refractivity contribution in [3.05, 3.63) is 71.0 Å². The van der Waals surface area contributed by atoms with Gasteiger partial charge in [-0.3, -0.25) is 0 Å². The van der Waals surface area contributed by atoms with Crippen LogP contribution < -0.4 is 15.8 Å². The van der Waals surface area contributed by atoms with Crippen LogP contribution in [0.25, 0.3) is 11.3 Å². The zero-order valence-corrected chi connectivity index (χ0v) is 21.4. The van der Waals surface area contributed by atoms with Crippen molar-refractivity contribution < 1.29 is 8.42 Å². The number of nitrogens with one attached hydrogen (secondary N) is 2. The lowest BCUT2D eigenvalue weighted by molar-refractivity contribution is 0.551. The minimum absolute atomic E-state index is 0.0170. The topological polar surface area (TPSA) is 110 Å². The molecule has 1 aliphatic rings. The molecule has 0 radical (unpaired) electrons. The predicted molar refractivity (Wildman–Crippen MR) is 142 cm³/mol. The molecule has 0 saturated heterocycles. The van der Waals surface area contributed by atoms with E-state index < -0.39 is 10.0 Å². The molecule has 0 aliphatic heterocycles. The molecule has 1 fully saturated rings. The van der Waals surface area contributed by atoms with Crippen LogP contribution in [0.5, 0.6) is 0 Å². The van der Waals surface area contributed by atoms with Crippen molar-refractivity contribution in [3.63, 3.8) is 0 Å². The summed E-state index contributed by atoms with van der Waals surface area (Å²) in [6.07, 6.45) is 7.49. The molecule has 1 saturated carbocycles. The van der Waals surface area contributed by atoms with Crippen LogP contribution in [0.4, 0.5) is 11.5 Å². The largest absolute Gasteiger partial charge is 0.340 e. The molecule has 186 valence electrons. The number of sulfonamides is 1. The first-order valence-corrected chi connectivity index (χ1v) is 14.1. The zero-order valence-electron chi connectivity index (χ0n) is 20.5. The normalized spacial score (nSPS) is 14.4. The summed E-state index contributed by atoms with van der Waals surface area (Å²) >= 11 is 0. The molecular weight excluding hydrogens is 458 g/mol. The third-order valence-corrected chi connectivity index (χ3v) is 8.10. The van der Waals surface area contributed by atoms with Crippen molar-refractivity contribution in [1.29, 1.82) is 0 Å². The van der Waals surface area contributed by atoms with Crippen LogP contribution in [-0.4, -0.2) is 24.4 Å². The first-order valence-electron chi connectivity index (χ1n) is 12.4. The maximum Gasteiger partial charge on any atom is 0.216 e. The maximum atomic E-state index is 12.5. The fourth-order valence-corrected chi connectivity index (χ4v) is 6.41. The smallest absolute Gasteiger partial charge is 0.216 e. The number of aryl methyl sites for hydroxylation is 1. The lowest BCUT2D eigenvalue weighted by Crippen LogP contribution is -2.33. The molecule has 1 heterocycles. The SMILES string of the molecule is CCc1ccc(-c2cc(Nc3ccc(CS(=O)(=O)NC4CCCC4)cc3)ncn2)c(CN)c1CC. The lowest BCUT2D eigenvalue weighted by atomic mass is 9.91. The van der Waals surface area contributed by atoms with Gasteiger partial charge in [0.05, 0.1) is 11.4 Å². The molecule has 4 N–H and O–H groups in total. The van der Waals surface area contributed by atoms with Crippen LogP contribution in [-0.2, 0) is 35.2 Å². The van der Waals surface area contributed by atoms with Crippen LogP contribution in [0.15, 0.2) is 48.8 Å². The second kappa shape index (κ2) is 11.3. The monoisotopic (exact) mass is 493 g/mol. The van der Waals surface area contributed by atoms with E-state index in [1.54, 1.807) is 6.33 Å². The third kappa shape index (κ3) is 6.25. The average Bonchev–Trinajstić information content (AvgIpc) is 3.36. The summed E-state index contributed by atoms with van der Waals surface area (Å²) in [7, 11) is -3.34. The Hall–Kier alpha value is -2.81. The summed E-state index contributed by atoms with van der Waals surface area (Å²) < 4.78 is 27.8. The molecule has 8 heteroatoms. The van der Waals surface area contributed by atoms with Gasteiger partial charge in [-0.25, -0.2) is 23.1 Å². The Labute approximate surface area is 208 Å². The lowest BCUT2D eigenvalue weighted by Gasteiger charge is -2.16. The molecule has 0 atom stereocenters. The van der Waals surface area contributed by atoms with E-state index in [-0.39, 0.29) is 11.8 Å². The van der Waals surface area contributed by atoms with Gasteiger partial charge >= 0.3 is 0 Å². The highest BCUT2D eigenvalue weighted by Gasteiger charge is 2.21. The Morgan fingerprint density at radius 2 is 1.71 bits per heavy atom. The summed E-state index contributed by atoms with van der Waals surface area (Å²) in [4.78, 5) is 8.88. The molecule has 0 spiro atoms. The van der Waals surface area contributed by atoms with E-state index in [0.29, 0.717) is 12.4 Å². The van der Waals surface area contributed by atoms with Crippen LogP contribution in [0.3, 0.4) is 0 Å². The second-order valence-corrected chi connectivity index (χ2v) is 10.9. The van der Waals surface area contributed by atoms with E-state index >= 15 is 0 Å². The number of rotatable bonds is 10. The van der Waals surface area contributed by atoms with E-state index in [4.69, 9.17) is 5.73 Å². The number of aromatic nitrogens is 2. The number of nitrogens with zero attached hydrogens (tertiary/aromatic N) is 2. The van der Waals surface area contributed by atoms with Crippen LogP contribution in [0.1, 0.15) is 61.8 Å².